The molecular weight excluding hydrogens is 242 g/mol. The molecule has 0 aromatic heterocycles. The van der Waals surface area contributed by atoms with Gasteiger partial charge in [0.25, 0.3) is 0 Å². The highest BCUT2D eigenvalue weighted by atomic mass is 16.5. The van der Waals surface area contributed by atoms with E-state index in [0.717, 1.165) is 69.0 Å². The van der Waals surface area contributed by atoms with Crippen LogP contribution in [0.5, 0.6) is 11.5 Å². The maximum atomic E-state index is 8.69. The molecule has 0 atom stereocenters. The molecule has 0 radical (unpaired) electrons. The van der Waals surface area contributed by atoms with E-state index in [9.17, 15) is 0 Å². The molecule has 19 heavy (non-hydrogen) atoms. The third kappa shape index (κ3) is 4.63. The van der Waals surface area contributed by atoms with Crippen molar-refractivity contribution in [1.29, 1.82) is 0 Å². The van der Waals surface area contributed by atoms with E-state index >= 15 is 0 Å². The van der Waals surface area contributed by atoms with E-state index in [2.05, 4.69) is 5.32 Å². The van der Waals surface area contributed by atoms with E-state index in [-0.39, 0.29) is 0 Å². The molecule has 2 rings (SSSR count). The highest BCUT2D eigenvalue weighted by molar-refractivity contribution is 5.54. The number of hydrogen-bond acceptors (Lipinski definition) is 4. The normalized spacial score (nSPS) is 13.9. The number of aliphatic hydroxyl groups is 1. The first-order chi connectivity index (χ1) is 9.40. The van der Waals surface area contributed by atoms with Gasteiger partial charge in [0.1, 0.15) is 0 Å². The fourth-order valence-corrected chi connectivity index (χ4v) is 2.10. The molecule has 0 bridgehead atoms. The minimum absolute atomic E-state index is 0.301. The van der Waals surface area contributed by atoms with Gasteiger partial charge in [0.15, 0.2) is 11.5 Å². The fourth-order valence-electron chi connectivity index (χ4n) is 2.10. The molecule has 0 spiro atoms. The van der Waals surface area contributed by atoms with Gasteiger partial charge in [0, 0.05) is 31.3 Å². The average Bonchev–Trinajstić information content (AvgIpc) is 2.67. The molecule has 0 amide bonds. The highest BCUT2D eigenvalue weighted by Crippen LogP contribution is 2.32. The lowest BCUT2D eigenvalue weighted by Gasteiger charge is -2.11. The lowest BCUT2D eigenvalue weighted by atomic mass is 10.2. The SMILES string of the molecule is OCCCCCCNc1ccc2c(c1)OCCCO2. The summed E-state index contributed by atoms with van der Waals surface area (Å²) >= 11 is 0. The topological polar surface area (TPSA) is 50.7 Å². The van der Waals surface area contributed by atoms with Crippen molar-refractivity contribution in [2.45, 2.75) is 32.1 Å². The average molecular weight is 265 g/mol. The maximum Gasteiger partial charge on any atom is 0.163 e. The standard InChI is InChI=1S/C15H23NO3/c17-9-4-2-1-3-8-16-13-6-7-14-15(12-13)19-11-5-10-18-14/h6-7,12,16-17H,1-5,8-11H2. The summed E-state index contributed by atoms with van der Waals surface area (Å²) in [7, 11) is 0. The second-order valence-corrected chi connectivity index (χ2v) is 4.78. The van der Waals surface area contributed by atoms with Crippen molar-refractivity contribution in [3.8, 4) is 11.5 Å². The van der Waals surface area contributed by atoms with Gasteiger partial charge in [-0.15, -0.1) is 0 Å². The Hall–Kier alpha value is -1.42. The van der Waals surface area contributed by atoms with Crippen LogP contribution in [0, 0.1) is 0 Å². The van der Waals surface area contributed by atoms with Crippen molar-refractivity contribution in [1.82, 2.24) is 0 Å². The Morgan fingerprint density at radius 1 is 1.00 bits per heavy atom. The summed E-state index contributed by atoms with van der Waals surface area (Å²) in [6.45, 7) is 2.70. The lowest BCUT2D eigenvalue weighted by Crippen LogP contribution is -2.02. The molecule has 0 unspecified atom stereocenters. The van der Waals surface area contributed by atoms with E-state index in [4.69, 9.17) is 14.6 Å². The predicted octanol–water partition coefficient (Wildman–Crippen LogP) is 2.81. The number of hydrogen-bond donors (Lipinski definition) is 2. The molecule has 1 aromatic rings. The van der Waals surface area contributed by atoms with Crippen LogP contribution in [0.15, 0.2) is 18.2 Å². The predicted molar refractivity (Wildman–Crippen MR) is 76.1 cm³/mol. The van der Waals surface area contributed by atoms with E-state index < -0.39 is 0 Å². The summed E-state index contributed by atoms with van der Waals surface area (Å²) in [5, 5.41) is 12.1. The zero-order valence-corrected chi connectivity index (χ0v) is 11.4. The second kappa shape index (κ2) is 7.89. The summed E-state index contributed by atoms with van der Waals surface area (Å²) in [4.78, 5) is 0. The first-order valence-corrected chi connectivity index (χ1v) is 7.14. The largest absolute Gasteiger partial charge is 0.490 e. The number of anilines is 1. The van der Waals surface area contributed by atoms with Gasteiger partial charge in [-0.25, -0.2) is 0 Å². The number of aliphatic hydroxyl groups excluding tert-OH is 1. The Kier molecular flexibility index (Phi) is 5.82. The third-order valence-corrected chi connectivity index (χ3v) is 3.16. The van der Waals surface area contributed by atoms with Crippen LogP contribution in [0.25, 0.3) is 0 Å². The molecule has 1 aliphatic heterocycles. The van der Waals surface area contributed by atoms with Gasteiger partial charge < -0.3 is 19.9 Å². The second-order valence-electron chi connectivity index (χ2n) is 4.78. The van der Waals surface area contributed by atoms with Crippen molar-refractivity contribution in [3.05, 3.63) is 18.2 Å². The molecular formula is C15H23NO3. The van der Waals surface area contributed by atoms with Crippen LogP contribution in [0.4, 0.5) is 5.69 Å². The Morgan fingerprint density at radius 3 is 2.63 bits per heavy atom. The van der Waals surface area contributed by atoms with Crippen LogP contribution < -0.4 is 14.8 Å². The van der Waals surface area contributed by atoms with Crippen molar-refractivity contribution in [2.24, 2.45) is 0 Å². The smallest absolute Gasteiger partial charge is 0.163 e. The molecule has 2 N–H and O–H groups in total. The summed E-state index contributed by atoms with van der Waals surface area (Å²) in [5.41, 5.74) is 1.08. The molecule has 4 heteroatoms. The zero-order valence-electron chi connectivity index (χ0n) is 11.4. The molecule has 1 aromatic carbocycles. The number of fused-ring (bicyclic) bond motifs is 1. The van der Waals surface area contributed by atoms with E-state index in [1.54, 1.807) is 0 Å². The first kappa shape index (κ1) is 14.0. The number of benzene rings is 1. The van der Waals surface area contributed by atoms with E-state index in [1.807, 2.05) is 18.2 Å². The highest BCUT2D eigenvalue weighted by Gasteiger charge is 2.10. The molecule has 0 saturated carbocycles. The Morgan fingerprint density at radius 2 is 1.79 bits per heavy atom. The molecule has 106 valence electrons. The van der Waals surface area contributed by atoms with Crippen LogP contribution in [-0.2, 0) is 0 Å². The fraction of sp³-hybridized carbons (Fsp3) is 0.600. The van der Waals surface area contributed by atoms with Gasteiger partial charge >= 0.3 is 0 Å². The van der Waals surface area contributed by atoms with Crippen molar-refractivity contribution in [3.63, 3.8) is 0 Å². The van der Waals surface area contributed by atoms with E-state index in [0.29, 0.717) is 6.61 Å². The van der Waals surface area contributed by atoms with Gasteiger partial charge in [-0.1, -0.05) is 12.8 Å². The van der Waals surface area contributed by atoms with Gasteiger partial charge in [-0.3, -0.25) is 0 Å². The summed E-state index contributed by atoms with van der Waals surface area (Å²) in [6, 6.07) is 6.00. The zero-order chi connectivity index (χ0) is 13.3. The van der Waals surface area contributed by atoms with Crippen molar-refractivity contribution < 1.29 is 14.6 Å². The molecule has 1 heterocycles. The minimum atomic E-state index is 0.301. The molecule has 0 fully saturated rings. The summed E-state index contributed by atoms with van der Waals surface area (Å²) < 4.78 is 11.3. The number of rotatable bonds is 7. The molecule has 0 aliphatic carbocycles. The number of unbranched alkanes of at least 4 members (excludes halogenated alkanes) is 3. The molecule has 0 saturated heterocycles. The van der Waals surface area contributed by atoms with Crippen LogP contribution in [0.3, 0.4) is 0 Å². The molecule has 4 nitrogen and oxygen atoms in total. The summed E-state index contributed by atoms with van der Waals surface area (Å²) in [6.07, 6.45) is 5.21. The minimum Gasteiger partial charge on any atom is -0.490 e. The summed E-state index contributed by atoms with van der Waals surface area (Å²) in [5.74, 6) is 1.67. The van der Waals surface area contributed by atoms with Crippen LogP contribution in [0.1, 0.15) is 32.1 Å². The number of ether oxygens (including phenoxy) is 2. The van der Waals surface area contributed by atoms with Crippen LogP contribution >= 0.6 is 0 Å². The lowest BCUT2D eigenvalue weighted by molar-refractivity contribution is 0.283. The van der Waals surface area contributed by atoms with Gasteiger partial charge in [0.05, 0.1) is 13.2 Å². The van der Waals surface area contributed by atoms with E-state index in [1.165, 1.54) is 0 Å². The van der Waals surface area contributed by atoms with Gasteiger partial charge in [-0.2, -0.15) is 0 Å². The molecule has 1 aliphatic rings. The quantitative estimate of drug-likeness (QED) is 0.744. The first-order valence-electron chi connectivity index (χ1n) is 7.14. The monoisotopic (exact) mass is 265 g/mol. The van der Waals surface area contributed by atoms with Gasteiger partial charge in [0.2, 0.25) is 0 Å². The Bertz CT molecular complexity index is 382. The van der Waals surface area contributed by atoms with Crippen LogP contribution in [-0.4, -0.2) is 31.5 Å². The third-order valence-electron chi connectivity index (χ3n) is 3.16. The Labute approximate surface area is 114 Å². The van der Waals surface area contributed by atoms with Crippen molar-refractivity contribution in [2.75, 3.05) is 31.7 Å². The van der Waals surface area contributed by atoms with Gasteiger partial charge in [-0.05, 0) is 25.0 Å². The van der Waals surface area contributed by atoms with Crippen LogP contribution in [0.2, 0.25) is 0 Å². The number of nitrogens with one attached hydrogen (secondary N) is 1. The van der Waals surface area contributed by atoms with Crippen molar-refractivity contribution >= 4 is 5.69 Å². The maximum absolute atomic E-state index is 8.69. The Balaban J connectivity index is 1.76.